The molecule has 1 aromatic rings. The second-order valence-corrected chi connectivity index (χ2v) is 5.39. The molecule has 0 radical (unpaired) electrons. The molecule has 3 nitrogen and oxygen atoms in total. The van der Waals surface area contributed by atoms with Crippen molar-refractivity contribution < 1.29 is 9.47 Å². The van der Waals surface area contributed by atoms with Gasteiger partial charge in [-0.3, -0.25) is 0 Å². The SMILES string of the molecule is COc1ccc(OC)c(CNC(C)C2CCCC2)c1. The summed E-state index contributed by atoms with van der Waals surface area (Å²) in [6.45, 7) is 3.13. The summed E-state index contributed by atoms with van der Waals surface area (Å²) < 4.78 is 10.7. The van der Waals surface area contributed by atoms with Crippen LogP contribution in [0.4, 0.5) is 0 Å². The van der Waals surface area contributed by atoms with Crippen molar-refractivity contribution in [1.29, 1.82) is 0 Å². The first-order chi connectivity index (χ1) is 9.24. The number of ether oxygens (including phenoxy) is 2. The Morgan fingerprint density at radius 3 is 2.58 bits per heavy atom. The smallest absolute Gasteiger partial charge is 0.123 e. The topological polar surface area (TPSA) is 30.5 Å². The average Bonchev–Trinajstić information content (AvgIpc) is 2.98. The maximum atomic E-state index is 5.41. The van der Waals surface area contributed by atoms with Gasteiger partial charge in [-0.05, 0) is 43.9 Å². The lowest BCUT2D eigenvalue weighted by atomic mass is 9.99. The third-order valence-electron chi connectivity index (χ3n) is 4.21. The summed E-state index contributed by atoms with van der Waals surface area (Å²) in [5.41, 5.74) is 1.16. The highest BCUT2D eigenvalue weighted by molar-refractivity contribution is 5.40. The van der Waals surface area contributed by atoms with Crippen molar-refractivity contribution >= 4 is 0 Å². The third kappa shape index (κ3) is 3.63. The van der Waals surface area contributed by atoms with E-state index in [9.17, 15) is 0 Å². The molecule has 106 valence electrons. The number of methoxy groups -OCH3 is 2. The van der Waals surface area contributed by atoms with Crippen LogP contribution in [0.25, 0.3) is 0 Å². The Hall–Kier alpha value is -1.22. The van der Waals surface area contributed by atoms with Crippen molar-refractivity contribution in [2.24, 2.45) is 5.92 Å². The second kappa shape index (κ2) is 6.80. The Kier molecular flexibility index (Phi) is 5.08. The van der Waals surface area contributed by atoms with Crippen LogP contribution in [0.15, 0.2) is 18.2 Å². The molecular weight excluding hydrogens is 238 g/mol. The van der Waals surface area contributed by atoms with Crippen LogP contribution in [-0.2, 0) is 6.54 Å². The van der Waals surface area contributed by atoms with Crippen LogP contribution in [0.5, 0.6) is 11.5 Å². The van der Waals surface area contributed by atoms with E-state index < -0.39 is 0 Å². The number of hydrogen-bond donors (Lipinski definition) is 1. The van der Waals surface area contributed by atoms with E-state index in [0.29, 0.717) is 6.04 Å². The summed E-state index contributed by atoms with van der Waals surface area (Å²) >= 11 is 0. The summed E-state index contributed by atoms with van der Waals surface area (Å²) in [5.74, 6) is 2.63. The fraction of sp³-hybridized carbons (Fsp3) is 0.625. The molecule has 0 heterocycles. The van der Waals surface area contributed by atoms with Gasteiger partial charge in [-0.25, -0.2) is 0 Å². The molecule has 1 aliphatic rings. The minimum Gasteiger partial charge on any atom is -0.497 e. The van der Waals surface area contributed by atoms with E-state index in [1.54, 1.807) is 14.2 Å². The molecule has 0 bridgehead atoms. The van der Waals surface area contributed by atoms with Crippen LogP contribution >= 0.6 is 0 Å². The lowest BCUT2D eigenvalue weighted by Crippen LogP contribution is -2.31. The predicted octanol–water partition coefficient (Wildman–Crippen LogP) is 3.37. The van der Waals surface area contributed by atoms with E-state index in [1.165, 1.54) is 25.7 Å². The molecule has 1 fully saturated rings. The van der Waals surface area contributed by atoms with Gasteiger partial charge in [-0.1, -0.05) is 12.8 Å². The highest BCUT2D eigenvalue weighted by atomic mass is 16.5. The minimum atomic E-state index is 0.568. The van der Waals surface area contributed by atoms with E-state index in [0.717, 1.165) is 29.5 Å². The van der Waals surface area contributed by atoms with Crippen LogP contribution in [0.1, 0.15) is 38.2 Å². The van der Waals surface area contributed by atoms with Crippen LogP contribution in [0, 0.1) is 5.92 Å². The first kappa shape index (κ1) is 14.2. The van der Waals surface area contributed by atoms with Crippen LogP contribution < -0.4 is 14.8 Å². The lowest BCUT2D eigenvalue weighted by molar-refractivity contribution is 0.369. The zero-order valence-corrected chi connectivity index (χ0v) is 12.2. The molecule has 1 saturated carbocycles. The van der Waals surface area contributed by atoms with Crippen LogP contribution in [-0.4, -0.2) is 20.3 Å². The molecule has 1 unspecified atom stereocenters. The molecule has 0 amide bonds. The molecule has 1 atom stereocenters. The molecule has 0 aliphatic heterocycles. The van der Waals surface area contributed by atoms with E-state index in [2.05, 4.69) is 12.2 Å². The largest absolute Gasteiger partial charge is 0.497 e. The molecule has 1 aliphatic carbocycles. The summed E-state index contributed by atoms with van der Waals surface area (Å²) in [7, 11) is 3.41. The van der Waals surface area contributed by atoms with E-state index >= 15 is 0 Å². The summed E-state index contributed by atoms with van der Waals surface area (Å²) in [4.78, 5) is 0. The van der Waals surface area contributed by atoms with Gasteiger partial charge in [0.1, 0.15) is 11.5 Å². The number of hydrogen-bond acceptors (Lipinski definition) is 3. The maximum absolute atomic E-state index is 5.41. The highest BCUT2D eigenvalue weighted by Crippen LogP contribution is 2.28. The first-order valence-electron chi connectivity index (χ1n) is 7.19. The van der Waals surface area contributed by atoms with Gasteiger partial charge in [-0.15, -0.1) is 0 Å². The van der Waals surface area contributed by atoms with Gasteiger partial charge in [0.2, 0.25) is 0 Å². The first-order valence-corrected chi connectivity index (χ1v) is 7.19. The van der Waals surface area contributed by atoms with Crippen molar-refractivity contribution in [1.82, 2.24) is 5.32 Å². The standard InChI is InChI=1S/C16H25NO2/c1-12(13-6-4-5-7-13)17-11-14-10-15(18-2)8-9-16(14)19-3/h8-10,12-13,17H,4-7,11H2,1-3H3. The third-order valence-corrected chi connectivity index (χ3v) is 4.21. The number of nitrogens with one attached hydrogen (secondary N) is 1. The normalized spacial score (nSPS) is 17.4. The quantitative estimate of drug-likeness (QED) is 0.853. The average molecular weight is 263 g/mol. The van der Waals surface area contributed by atoms with Crippen molar-refractivity contribution in [3.63, 3.8) is 0 Å². The second-order valence-electron chi connectivity index (χ2n) is 5.39. The number of rotatable bonds is 6. The fourth-order valence-corrected chi connectivity index (χ4v) is 2.92. The van der Waals surface area contributed by atoms with E-state index in [1.807, 2.05) is 18.2 Å². The van der Waals surface area contributed by atoms with Gasteiger partial charge in [0.15, 0.2) is 0 Å². The molecule has 1 N–H and O–H groups in total. The minimum absolute atomic E-state index is 0.568. The van der Waals surface area contributed by atoms with Gasteiger partial charge in [-0.2, -0.15) is 0 Å². The molecule has 0 aromatic heterocycles. The molecular formula is C16H25NO2. The molecule has 2 rings (SSSR count). The van der Waals surface area contributed by atoms with Gasteiger partial charge in [0, 0.05) is 18.2 Å². The fourth-order valence-electron chi connectivity index (χ4n) is 2.92. The van der Waals surface area contributed by atoms with Crippen LogP contribution in [0.3, 0.4) is 0 Å². The lowest BCUT2D eigenvalue weighted by Gasteiger charge is -2.21. The Morgan fingerprint density at radius 2 is 1.95 bits per heavy atom. The highest BCUT2D eigenvalue weighted by Gasteiger charge is 2.21. The van der Waals surface area contributed by atoms with Gasteiger partial charge < -0.3 is 14.8 Å². The predicted molar refractivity (Wildman–Crippen MR) is 77.8 cm³/mol. The number of benzene rings is 1. The zero-order chi connectivity index (χ0) is 13.7. The van der Waals surface area contributed by atoms with E-state index in [4.69, 9.17) is 9.47 Å². The Bertz CT molecular complexity index is 400. The summed E-state index contributed by atoms with van der Waals surface area (Å²) in [6.07, 6.45) is 5.51. The van der Waals surface area contributed by atoms with Crippen molar-refractivity contribution in [2.45, 2.75) is 45.2 Å². The maximum Gasteiger partial charge on any atom is 0.123 e. The van der Waals surface area contributed by atoms with Crippen LogP contribution in [0.2, 0.25) is 0 Å². The van der Waals surface area contributed by atoms with E-state index in [-0.39, 0.29) is 0 Å². The monoisotopic (exact) mass is 263 g/mol. The molecule has 0 saturated heterocycles. The van der Waals surface area contributed by atoms with Crippen molar-refractivity contribution in [3.05, 3.63) is 23.8 Å². The molecule has 19 heavy (non-hydrogen) atoms. The van der Waals surface area contributed by atoms with Crippen molar-refractivity contribution in [3.8, 4) is 11.5 Å². The van der Waals surface area contributed by atoms with Gasteiger partial charge in [0.05, 0.1) is 14.2 Å². The van der Waals surface area contributed by atoms with Crippen molar-refractivity contribution in [2.75, 3.05) is 14.2 Å². The Morgan fingerprint density at radius 1 is 1.21 bits per heavy atom. The summed E-state index contributed by atoms with van der Waals surface area (Å²) in [6, 6.07) is 6.52. The molecule has 1 aromatic carbocycles. The Labute approximate surface area is 116 Å². The van der Waals surface area contributed by atoms with Gasteiger partial charge in [0.25, 0.3) is 0 Å². The summed E-state index contributed by atoms with van der Waals surface area (Å²) in [5, 5.41) is 3.63. The molecule has 0 spiro atoms. The van der Waals surface area contributed by atoms with Gasteiger partial charge >= 0.3 is 0 Å². The Balaban J connectivity index is 1.97. The molecule has 3 heteroatoms. The zero-order valence-electron chi connectivity index (χ0n) is 12.2.